The van der Waals surface area contributed by atoms with Crippen molar-refractivity contribution in [2.75, 3.05) is 33.2 Å². The Hall–Kier alpha value is -1.56. The topological polar surface area (TPSA) is 65.7 Å². The number of rotatable bonds is 7. The molecule has 6 nitrogen and oxygen atoms in total. The zero-order chi connectivity index (χ0) is 17.2. The maximum absolute atomic E-state index is 5.34. The van der Waals surface area contributed by atoms with Gasteiger partial charge in [0.1, 0.15) is 0 Å². The Labute approximate surface area is 146 Å². The Kier molecular flexibility index (Phi) is 8.08. The maximum Gasteiger partial charge on any atom is 0.191 e. The summed E-state index contributed by atoms with van der Waals surface area (Å²) in [6.45, 7) is 9.45. The first-order chi connectivity index (χ1) is 11.7. The number of hydrogen-bond donors (Lipinski definition) is 2. The Balaban J connectivity index is 1.63. The van der Waals surface area contributed by atoms with E-state index in [1.165, 1.54) is 45.3 Å². The molecule has 0 bridgehead atoms. The van der Waals surface area contributed by atoms with Gasteiger partial charge in [-0.15, -0.1) is 0 Å². The standard InChI is InChI=1S/C18H33N5O/c1-15(2)17-13-16(24-22-17)14-21-18(19-3)20-9-8-12-23-10-6-4-5-7-11-23/h13,15H,4-12,14H2,1-3H3,(H2,19,20,21). The summed E-state index contributed by atoms with van der Waals surface area (Å²) in [5.74, 6) is 2.04. The van der Waals surface area contributed by atoms with Crippen LogP contribution in [0.15, 0.2) is 15.6 Å². The van der Waals surface area contributed by atoms with Crippen molar-refractivity contribution in [1.29, 1.82) is 0 Å². The molecule has 0 atom stereocenters. The van der Waals surface area contributed by atoms with Gasteiger partial charge in [0.2, 0.25) is 0 Å². The summed E-state index contributed by atoms with van der Waals surface area (Å²) >= 11 is 0. The maximum atomic E-state index is 5.34. The van der Waals surface area contributed by atoms with Crippen LogP contribution in [0.1, 0.15) is 63.3 Å². The molecule has 0 aromatic carbocycles. The van der Waals surface area contributed by atoms with Crippen molar-refractivity contribution >= 4 is 5.96 Å². The van der Waals surface area contributed by atoms with Gasteiger partial charge in [-0.05, 0) is 44.8 Å². The van der Waals surface area contributed by atoms with Crippen molar-refractivity contribution in [2.45, 2.75) is 58.4 Å². The monoisotopic (exact) mass is 335 g/mol. The number of aromatic nitrogens is 1. The van der Waals surface area contributed by atoms with Crippen LogP contribution in [0.25, 0.3) is 0 Å². The van der Waals surface area contributed by atoms with Gasteiger partial charge < -0.3 is 20.1 Å². The molecule has 2 N–H and O–H groups in total. The zero-order valence-corrected chi connectivity index (χ0v) is 15.5. The average Bonchev–Trinajstić information content (AvgIpc) is 2.91. The van der Waals surface area contributed by atoms with Crippen LogP contribution in [0.3, 0.4) is 0 Å². The molecule has 2 rings (SSSR count). The van der Waals surface area contributed by atoms with E-state index in [-0.39, 0.29) is 0 Å². The van der Waals surface area contributed by atoms with E-state index < -0.39 is 0 Å². The van der Waals surface area contributed by atoms with Crippen LogP contribution in [-0.4, -0.2) is 49.2 Å². The molecule has 0 radical (unpaired) electrons. The first-order valence-corrected chi connectivity index (χ1v) is 9.31. The lowest BCUT2D eigenvalue weighted by Gasteiger charge is -2.20. The van der Waals surface area contributed by atoms with Gasteiger partial charge in [-0.25, -0.2) is 0 Å². The van der Waals surface area contributed by atoms with E-state index in [9.17, 15) is 0 Å². The summed E-state index contributed by atoms with van der Waals surface area (Å²) in [4.78, 5) is 6.85. The molecule has 1 saturated heterocycles. The van der Waals surface area contributed by atoms with Gasteiger partial charge in [0.25, 0.3) is 0 Å². The van der Waals surface area contributed by atoms with E-state index in [0.29, 0.717) is 12.5 Å². The van der Waals surface area contributed by atoms with Crippen molar-refractivity contribution in [2.24, 2.45) is 4.99 Å². The van der Waals surface area contributed by atoms with Gasteiger partial charge in [-0.3, -0.25) is 4.99 Å². The molecule has 2 heterocycles. The van der Waals surface area contributed by atoms with Crippen LogP contribution in [0.4, 0.5) is 0 Å². The fourth-order valence-electron chi connectivity index (χ4n) is 2.95. The largest absolute Gasteiger partial charge is 0.359 e. The lowest BCUT2D eigenvalue weighted by molar-refractivity contribution is 0.282. The number of aliphatic imine (C=N–C) groups is 1. The number of guanidine groups is 1. The minimum absolute atomic E-state index is 0.388. The molecule has 1 aliphatic rings. The van der Waals surface area contributed by atoms with Crippen LogP contribution >= 0.6 is 0 Å². The van der Waals surface area contributed by atoms with E-state index in [1.54, 1.807) is 7.05 Å². The van der Waals surface area contributed by atoms with Crippen molar-refractivity contribution in [3.05, 3.63) is 17.5 Å². The molecule has 24 heavy (non-hydrogen) atoms. The lowest BCUT2D eigenvalue weighted by Crippen LogP contribution is -2.38. The molecule has 0 saturated carbocycles. The summed E-state index contributed by atoms with van der Waals surface area (Å²) in [7, 11) is 1.80. The summed E-state index contributed by atoms with van der Waals surface area (Å²) in [6.07, 6.45) is 6.63. The van der Waals surface area contributed by atoms with E-state index in [1.807, 2.05) is 6.07 Å². The lowest BCUT2D eigenvalue weighted by atomic mass is 10.1. The molecule has 1 aromatic heterocycles. The third-order valence-electron chi connectivity index (χ3n) is 4.46. The van der Waals surface area contributed by atoms with Gasteiger partial charge in [0.15, 0.2) is 11.7 Å². The van der Waals surface area contributed by atoms with E-state index in [0.717, 1.165) is 30.4 Å². The van der Waals surface area contributed by atoms with Crippen molar-refractivity contribution in [3.63, 3.8) is 0 Å². The molecular formula is C18H33N5O. The first-order valence-electron chi connectivity index (χ1n) is 9.31. The Bertz CT molecular complexity index is 489. The van der Waals surface area contributed by atoms with Gasteiger partial charge in [0, 0.05) is 19.7 Å². The second-order valence-corrected chi connectivity index (χ2v) is 6.83. The molecule has 0 aliphatic carbocycles. The molecule has 136 valence electrons. The number of likely N-dealkylation sites (tertiary alicyclic amines) is 1. The van der Waals surface area contributed by atoms with Crippen LogP contribution in [0.5, 0.6) is 0 Å². The van der Waals surface area contributed by atoms with Crippen molar-refractivity contribution < 1.29 is 4.52 Å². The van der Waals surface area contributed by atoms with Gasteiger partial charge in [0.05, 0.1) is 12.2 Å². The molecule has 1 fully saturated rings. The van der Waals surface area contributed by atoms with Crippen LogP contribution in [-0.2, 0) is 6.54 Å². The molecule has 0 spiro atoms. The summed E-state index contributed by atoms with van der Waals surface area (Å²) in [5, 5.41) is 10.7. The SMILES string of the molecule is CN=C(NCCCN1CCCCCC1)NCc1cc(C(C)C)no1. The second-order valence-electron chi connectivity index (χ2n) is 6.83. The van der Waals surface area contributed by atoms with Crippen molar-refractivity contribution in [3.8, 4) is 0 Å². The Morgan fingerprint density at radius 1 is 1.25 bits per heavy atom. The fourth-order valence-corrected chi connectivity index (χ4v) is 2.95. The highest BCUT2D eigenvalue weighted by Gasteiger charge is 2.09. The smallest absolute Gasteiger partial charge is 0.191 e. The fraction of sp³-hybridized carbons (Fsp3) is 0.778. The summed E-state index contributed by atoms with van der Waals surface area (Å²) in [6, 6.07) is 2.00. The van der Waals surface area contributed by atoms with Crippen LogP contribution in [0, 0.1) is 0 Å². The van der Waals surface area contributed by atoms with E-state index in [2.05, 4.69) is 39.5 Å². The molecule has 6 heteroatoms. The van der Waals surface area contributed by atoms with Gasteiger partial charge in [-0.2, -0.15) is 0 Å². The van der Waals surface area contributed by atoms with E-state index in [4.69, 9.17) is 4.52 Å². The highest BCUT2D eigenvalue weighted by molar-refractivity contribution is 5.79. The summed E-state index contributed by atoms with van der Waals surface area (Å²) in [5.41, 5.74) is 0.993. The average molecular weight is 335 g/mol. The quantitative estimate of drug-likeness (QED) is 0.456. The van der Waals surface area contributed by atoms with E-state index >= 15 is 0 Å². The first kappa shape index (κ1) is 18.8. The Morgan fingerprint density at radius 3 is 2.62 bits per heavy atom. The molecular weight excluding hydrogens is 302 g/mol. The molecule has 0 unspecified atom stereocenters. The highest BCUT2D eigenvalue weighted by atomic mass is 16.5. The minimum atomic E-state index is 0.388. The van der Waals surface area contributed by atoms with Crippen LogP contribution in [0.2, 0.25) is 0 Å². The predicted octanol–water partition coefficient (Wildman–Crippen LogP) is 2.73. The summed E-state index contributed by atoms with van der Waals surface area (Å²) < 4.78 is 5.34. The molecule has 1 aromatic rings. The van der Waals surface area contributed by atoms with Crippen molar-refractivity contribution in [1.82, 2.24) is 20.7 Å². The third kappa shape index (κ3) is 6.51. The van der Waals surface area contributed by atoms with Crippen LogP contribution < -0.4 is 10.6 Å². The normalized spacial score (nSPS) is 17.1. The number of nitrogens with one attached hydrogen (secondary N) is 2. The number of nitrogens with zero attached hydrogens (tertiary/aromatic N) is 3. The molecule has 0 amide bonds. The number of hydrogen-bond acceptors (Lipinski definition) is 4. The predicted molar refractivity (Wildman–Crippen MR) is 98.3 cm³/mol. The highest BCUT2D eigenvalue weighted by Crippen LogP contribution is 2.13. The second kappa shape index (κ2) is 10.3. The Morgan fingerprint density at radius 2 is 2.00 bits per heavy atom. The van der Waals surface area contributed by atoms with Gasteiger partial charge in [-0.1, -0.05) is 31.8 Å². The third-order valence-corrected chi connectivity index (χ3v) is 4.46. The zero-order valence-electron chi connectivity index (χ0n) is 15.5. The van der Waals surface area contributed by atoms with Gasteiger partial charge >= 0.3 is 0 Å². The molecule has 1 aliphatic heterocycles. The minimum Gasteiger partial charge on any atom is -0.359 e.